The molecule has 4 nitrogen and oxygen atoms in total. The van der Waals surface area contributed by atoms with Crippen LogP contribution >= 0.6 is 15.9 Å². The molecule has 0 saturated carbocycles. The zero-order valence-corrected chi connectivity index (χ0v) is 11.4. The Kier molecular flexibility index (Phi) is 3.65. The number of aliphatic hydroxyl groups is 1. The SMILES string of the molecule is O=S1(=O)C[C@@H](O)[C@@H](N=Cc2ccc(Br)cc2)C1. The summed E-state index contributed by atoms with van der Waals surface area (Å²) in [4.78, 5) is 4.13. The molecule has 1 aliphatic heterocycles. The number of hydrogen-bond donors (Lipinski definition) is 1. The molecule has 2 atom stereocenters. The minimum atomic E-state index is -3.13. The molecule has 1 saturated heterocycles. The normalized spacial score (nSPS) is 27.6. The van der Waals surface area contributed by atoms with Crippen LogP contribution in [-0.4, -0.2) is 43.4 Å². The monoisotopic (exact) mass is 317 g/mol. The minimum absolute atomic E-state index is 0.0683. The first-order valence-electron chi connectivity index (χ1n) is 5.13. The number of aliphatic hydroxyl groups excluding tert-OH is 1. The smallest absolute Gasteiger partial charge is 0.155 e. The van der Waals surface area contributed by atoms with Crippen molar-refractivity contribution in [2.24, 2.45) is 4.99 Å². The number of rotatable bonds is 2. The zero-order valence-electron chi connectivity index (χ0n) is 8.95. The Labute approximate surface area is 108 Å². The third kappa shape index (κ3) is 3.37. The molecule has 0 aromatic heterocycles. The van der Waals surface area contributed by atoms with Crippen LogP contribution in [-0.2, 0) is 9.84 Å². The molecule has 1 aliphatic rings. The predicted octanol–water partition coefficient (Wildman–Crippen LogP) is 1.03. The van der Waals surface area contributed by atoms with Gasteiger partial charge in [0.2, 0.25) is 0 Å². The molecule has 0 unspecified atom stereocenters. The van der Waals surface area contributed by atoms with Crippen LogP contribution in [0, 0.1) is 0 Å². The van der Waals surface area contributed by atoms with Gasteiger partial charge in [-0.05, 0) is 17.7 Å². The summed E-state index contributed by atoms with van der Waals surface area (Å²) >= 11 is 3.32. The van der Waals surface area contributed by atoms with Crippen molar-refractivity contribution < 1.29 is 13.5 Å². The topological polar surface area (TPSA) is 66.7 Å². The summed E-state index contributed by atoms with van der Waals surface area (Å²) in [5.41, 5.74) is 0.879. The van der Waals surface area contributed by atoms with E-state index in [-0.39, 0.29) is 11.5 Å². The zero-order chi connectivity index (χ0) is 12.5. The van der Waals surface area contributed by atoms with Crippen LogP contribution in [0.25, 0.3) is 0 Å². The molecule has 0 bridgehead atoms. The quantitative estimate of drug-likeness (QED) is 0.828. The summed E-state index contributed by atoms with van der Waals surface area (Å²) in [6.45, 7) is 0. The molecule has 6 heteroatoms. The van der Waals surface area contributed by atoms with Crippen LogP contribution < -0.4 is 0 Å². The van der Waals surface area contributed by atoms with Crippen LogP contribution in [0.3, 0.4) is 0 Å². The van der Waals surface area contributed by atoms with Crippen molar-refractivity contribution in [3.8, 4) is 0 Å². The number of benzene rings is 1. The maximum atomic E-state index is 11.3. The lowest BCUT2D eigenvalue weighted by Gasteiger charge is -2.05. The van der Waals surface area contributed by atoms with Crippen molar-refractivity contribution >= 4 is 32.0 Å². The highest BCUT2D eigenvalue weighted by atomic mass is 79.9. The average Bonchev–Trinajstić information content (AvgIpc) is 2.51. The van der Waals surface area contributed by atoms with Gasteiger partial charge in [-0.2, -0.15) is 0 Å². The second-order valence-corrected chi connectivity index (χ2v) is 7.11. The molecule has 0 radical (unpaired) electrons. The number of halogens is 1. The summed E-state index contributed by atoms with van der Waals surface area (Å²) in [6.07, 6.45) is 0.716. The van der Waals surface area contributed by atoms with Crippen LogP contribution in [0.2, 0.25) is 0 Å². The van der Waals surface area contributed by atoms with Crippen LogP contribution in [0.5, 0.6) is 0 Å². The summed E-state index contributed by atoms with van der Waals surface area (Å²) < 4.78 is 23.5. The van der Waals surface area contributed by atoms with E-state index in [1.165, 1.54) is 0 Å². The van der Waals surface area contributed by atoms with Crippen molar-refractivity contribution in [3.63, 3.8) is 0 Å². The number of nitrogens with zero attached hydrogens (tertiary/aromatic N) is 1. The predicted molar refractivity (Wildman–Crippen MR) is 70.2 cm³/mol. The summed E-state index contributed by atoms with van der Waals surface area (Å²) in [5.74, 6) is -0.253. The van der Waals surface area contributed by atoms with Gasteiger partial charge in [-0.15, -0.1) is 0 Å². The Morgan fingerprint density at radius 1 is 1.29 bits per heavy atom. The van der Waals surface area contributed by atoms with E-state index in [4.69, 9.17) is 0 Å². The third-order valence-electron chi connectivity index (χ3n) is 2.58. The fourth-order valence-electron chi connectivity index (χ4n) is 1.68. The minimum Gasteiger partial charge on any atom is -0.390 e. The van der Waals surface area contributed by atoms with Gasteiger partial charge in [-0.1, -0.05) is 28.1 Å². The van der Waals surface area contributed by atoms with Gasteiger partial charge >= 0.3 is 0 Å². The molecule has 92 valence electrons. The third-order valence-corrected chi connectivity index (χ3v) is 4.81. The van der Waals surface area contributed by atoms with E-state index in [1.54, 1.807) is 6.21 Å². The van der Waals surface area contributed by atoms with E-state index >= 15 is 0 Å². The highest BCUT2D eigenvalue weighted by molar-refractivity contribution is 9.10. The lowest BCUT2D eigenvalue weighted by molar-refractivity contribution is 0.184. The average molecular weight is 318 g/mol. The molecule has 1 fully saturated rings. The number of hydrogen-bond acceptors (Lipinski definition) is 4. The lowest BCUT2D eigenvalue weighted by Crippen LogP contribution is -2.21. The fraction of sp³-hybridized carbons (Fsp3) is 0.364. The number of sulfone groups is 1. The Hall–Kier alpha value is -0.720. The maximum absolute atomic E-state index is 11.3. The molecule has 0 spiro atoms. The molecule has 0 amide bonds. The standard InChI is InChI=1S/C11H12BrNO3S/c12-9-3-1-8(2-4-9)5-13-10-6-17(15,16)7-11(10)14/h1-5,10-11,14H,6-7H2/t10-,11+/m0/s1. The first-order valence-corrected chi connectivity index (χ1v) is 7.75. The molecule has 1 aromatic carbocycles. The van der Waals surface area contributed by atoms with E-state index in [9.17, 15) is 13.5 Å². The first kappa shape index (κ1) is 12.7. The Morgan fingerprint density at radius 2 is 1.94 bits per heavy atom. The molecule has 2 rings (SSSR count). The maximum Gasteiger partial charge on any atom is 0.155 e. The van der Waals surface area contributed by atoms with Crippen molar-refractivity contribution in [1.82, 2.24) is 0 Å². The molecule has 0 aliphatic carbocycles. The van der Waals surface area contributed by atoms with E-state index in [1.807, 2.05) is 24.3 Å². The van der Waals surface area contributed by atoms with E-state index in [0.717, 1.165) is 10.0 Å². The van der Waals surface area contributed by atoms with Gasteiger partial charge in [0.05, 0.1) is 23.7 Å². The van der Waals surface area contributed by atoms with E-state index < -0.39 is 22.0 Å². The summed E-state index contributed by atoms with van der Waals surface area (Å²) in [5, 5.41) is 9.55. The van der Waals surface area contributed by atoms with Gasteiger partial charge in [0.15, 0.2) is 9.84 Å². The van der Waals surface area contributed by atoms with Crippen LogP contribution in [0.1, 0.15) is 5.56 Å². The van der Waals surface area contributed by atoms with Crippen molar-refractivity contribution in [2.75, 3.05) is 11.5 Å². The Morgan fingerprint density at radius 3 is 2.47 bits per heavy atom. The molecule has 1 aromatic rings. The largest absolute Gasteiger partial charge is 0.390 e. The first-order chi connectivity index (χ1) is 7.96. The molecule has 17 heavy (non-hydrogen) atoms. The van der Waals surface area contributed by atoms with Gasteiger partial charge in [-0.3, -0.25) is 4.99 Å². The fourth-order valence-corrected chi connectivity index (χ4v) is 3.66. The molecular formula is C11H12BrNO3S. The van der Waals surface area contributed by atoms with Crippen molar-refractivity contribution in [3.05, 3.63) is 34.3 Å². The molecule has 1 N–H and O–H groups in total. The Balaban J connectivity index is 2.09. The highest BCUT2D eigenvalue weighted by Crippen LogP contribution is 2.16. The highest BCUT2D eigenvalue weighted by Gasteiger charge is 2.35. The van der Waals surface area contributed by atoms with Crippen LogP contribution in [0.4, 0.5) is 0 Å². The summed E-state index contributed by atoms with van der Waals surface area (Å²) in [7, 11) is -3.13. The van der Waals surface area contributed by atoms with Crippen LogP contribution in [0.15, 0.2) is 33.7 Å². The van der Waals surface area contributed by atoms with Gasteiger partial charge < -0.3 is 5.11 Å². The number of aliphatic imine (C=N–C) groups is 1. The van der Waals surface area contributed by atoms with Crippen molar-refractivity contribution in [1.29, 1.82) is 0 Å². The molecule has 1 heterocycles. The summed E-state index contributed by atoms with van der Waals surface area (Å²) in [6, 6.07) is 6.95. The van der Waals surface area contributed by atoms with E-state index in [0.29, 0.717) is 0 Å². The van der Waals surface area contributed by atoms with Gasteiger partial charge in [-0.25, -0.2) is 8.42 Å². The lowest BCUT2D eigenvalue weighted by atomic mass is 10.2. The van der Waals surface area contributed by atoms with E-state index in [2.05, 4.69) is 20.9 Å². The second kappa shape index (κ2) is 4.88. The van der Waals surface area contributed by atoms with Gasteiger partial charge in [0.1, 0.15) is 0 Å². The van der Waals surface area contributed by atoms with Gasteiger partial charge in [0.25, 0.3) is 0 Å². The molecular weight excluding hydrogens is 306 g/mol. The van der Waals surface area contributed by atoms with Gasteiger partial charge in [0, 0.05) is 10.7 Å². The Bertz CT molecular complexity index is 524. The van der Waals surface area contributed by atoms with Crippen molar-refractivity contribution in [2.45, 2.75) is 12.1 Å². The second-order valence-electron chi connectivity index (χ2n) is 4.04.